The minimum atomic E-state index is 0.269. The first-order valence-corrected chi connectivity index (χ1v) is 5.16. The van der Waals surface area contributed by atoms with Gasteiger partial charge in [0.2, 0.25) is 5.89 Å². The summed E-state index contributed by atoms with van der Waals surface area (Å²) in [5.41, 5.74) is 0.269. The molecule has 2 bridgehead atoms. The summed E-state index contributed by atoms with van der Waals surface area (Å²) in [5, 5.41) is 3.72. The van der Waals surface area contributed by atoms with Crippen molar-refractivity contribution in [2.24, 2.45) is 5.92 Å². The first-order chi connectivity index (χ1) is 6.39. The summed E-state index contributed by atoms with van der Waals surface area (Å²) in [7, 11) is 0. The molecule has 1 aromatic rings. The van der Waals surface area contributed by atoms with E-state index in [0.717, 1.165) is 11.8 Å². The third-order valence-electron chi connectivity index (χ3n) is 3.91. The normalized spacial score (nSPS) is 38.0. The van der Waals surface area contributed by atoms with Gasteiger partial charge in [-0.3, -0.25) is 0 Å². The summed E-state index contributed by atoms with van der Waals surface area (Å²) < 4.78 is 5.23. The second-order valence-corrected chi connectivity index (χ2v) is 4.51. The van der Waals surface area contributed by atoms with Crippen LogP contribution in [-0.4, -0.2) is 10.1 Å². The van der Waals surface area contributed by atoms with E-state index >= 15 is 0 Å². The first kappa shape index (κ1) is 7.54. The van der Waals surface area contributed by atoms with Gasteiger partial charge in [-0.1, -0.05) is 5.16 Å². The van der Waals surface area contributed by atoms with Crippen LogP contribution in [0.25, 0.3) is 0 Å². The number of aromatic nitrogens is 2. The van der Waals surface area contributed by atoms with Crippen LogP contribution < -0.4 is 0 Å². The minimum absolute atomic E-state index is 0.269. The quantitative estimate of drug-likeness (QED) is 0.662. The minimum Gasteiger partial charge on any atom is -0.339 e. The van der Waals surface area contributed by atoms with E-state index in [1.165, 1.54) is 44.9 Å². The van der Waals surface area contributed by atoms with Crippen LogP contribution in [0.15, 0.2) is 10.9 Å². The Morgan fingerprint density at radius 3 is 2.46 bits per heavy atom. The molecule has 0 aliphatic heterocycles. The van der Waals surface area contributed by atoms with E-state index in [2.05, 4.69) is 10.1 Å². The molecule has 1 aromatic heterocycles. The Bertz CT molecular complexity index is 272. The number of rotatable bonds is 1. The molecule has 4 rings (SSSR count). The van der Waals surface area contributed by atoms with Crippen molar-refractivity contribution >= 4 is 0 Å². The van der Waals surface area contributed by atoms with Gasteiger partial charge in [-0.05, 0) is 44.4 Å². The summed E-state index contributed by atoms with van der Waals surface area (Å²) >= 11 is 0. The Morgan fingerprint density at radius 2 is 1.92 bits per heavy atom. The molecule has 0 spiro atoms. The van der Waals surface area contributed by atoms with E-state index in [1.54, 1.807) is 0 Å². The van der Waals surface area contributed by atoms with Crippen LogP contribution in [0.1, 0.15) is 44.4 Å². The summed E-state index contributed by atoms with van der Waals surface area (Å²) in [4.78, 5) is 4.23. The van der Waals surface area contributed by atoms with Crippen LogP contribution in [-0.2, 0) is 5.41 Å². The molecule has 0 saturated heterocycles. The van der Waals surface area contributed by atoms with Crippen molar-refractivity contribution in [3.63, 3.8) is 0 Å². The number of hydrogen-bond acceptors (Lipinski definition) is 3. The molecule has 3 heteroatoms. The van der Waals surface area contributed by atoms with E-state index in [0.29, 0.717) is 0 Å². The van der Waals surface area contributed by atoms with Crippen molar-refractivity contribution in [3.05, 3.63) is 12.2 Å². The third kappa shape index (κ3) is 1.02. The Hall–Kier alpha value is -0.860. The van der Waals surface area contributed by atoms with Crippen molar-refractivity contribution in [1.82, 2.24) is 10.1 Å². The predicted molar refractivity (Wildman–Crippen MR) is 47.2 cm³/mol. The van der Waals surface area contributed by atoms with Gasteiger partial charge < -0.3 is 4.52 Å². The third-order valence-corrected chi connectivity index (χ3v) is 3.91. The Balaban J connectivity index is 1.95. The van der Waals surface area contributed by atoms with Crippen molar-refractivity contribution in [2.45, 2.75) is 43.9 Å². The lowest BCUT2D eigenvalue weighted by molar-refractivity contribution is 0.103. The lowest BCUT2D eigenvalue weighted by atomic mass is 9.61. The highest BCUT2D eigenvalue weighted by Gasteiger charge is 2.44. The standard InChI is InChI=1S/C10H14N2O/c1-4-10(9-11-7-12-13-9)5-2-8(1)3-6-10/h7-8H,1-6H2. The summed E-state index contributed by atoms with van der Waals surface area (Å²) in [5.74, 6) is 1.88. The Kier molecular flexibility index (Phi) is 1.49. The fraction of sp³-hybridized carbons (Fsp3) is 0.800. The van der Waals surface area contributed by atoms with E-state index in [-0.39, 0.29) is 5.41 Å². The van der Waals surface area contributed by atoms with Crippen molar-refractivity contribution < 1.29 is 4.52 Å². The van der Waals surface area contributed by atoms with Crippen molar-refractivity contribution in [3.8, 4) is 0 Å². The van der Waals surface area contributed by atoms with Gasteiger partial charge in [-0.2, -0.15) is 4.98 Å². The van der Waals surface area contributed by atoms with E-state index in [1.807, 2.05) is 0 Å². The lowest BCUT2D eigenvalue weighted by Gasteiger charge is -2.43. The summed E-state index contributed by atoms with van der Waals surface area (Å²) in [6.07, 6.45) is 9.41. The van der Waals surface area contributed by atoms with E-state index in [9.17, 15) is 0 Å². The lowest BCUT2D eigenvalue weighted by Crippen LogP contribution is -2.37. The van der Waals surface area contributed by atoms with Crippen LogP contribution in [0.5, 0.6) is 0 Å². The molecule has 0 atom stereocenters. The molecule has 3 aliphatic carbocycles. The zero-order valence-electron chi connectivity index (χ0n) is 7.70. The molecule has 70 valence electrons. The highest BCUT2D eigenvalue weighted by atomic mass is 16.5. The molecule has 3 fully saturated rings. The van der Waals surface area contributed by atoms with Crippen molar-refractivity contribution in [2.75, 3.05) is 0 Å². The van der Waals surface area contributed by atoms with Crippen LogP contribution >= 0.6 is 0 Å². The number of hydrogen-bond donors (Lipinski definition) is 0. The van der Waals surface area contributed by atoms with Gasteiger partial charge in [0.15, 0.2) is 6.33 Å². The zero-order valence-corrected chi connectivity index (χ0v) is 7.70. The second-order valence-electron chi connectivity index (χ2n) is 4.51. The van der Waals surface area contributed by atoms with Crippen molar-refractivity contribution in [1.29, 1.82) is 0 Å². The maximum absolute atomic E-state index is 5.23. The molecule has 3 aliphatic rings. The smallest absolute Gasteiger partial charge is 0.232 e. The molecule has 0 radical (unpaired) electrons. The molecule has 0 N–H and O–H groups in total. The zero-order chi connectivity index (χ0) is 8.73. The van der Waals surface area contributed by atoms with Gasteiger partial charge in [0.25, 0.3) is 0 Å². The van der Waals surface area contributed by atoms with Gasteiger partial charge in [-0.25, -0.2) is 0 Å². The van der Waals surface area contributed by atoms with E-state index < -0.39 is 0 Å². The highest BCUT2D eigenvalue weighted by Crippen LogP contribution is 2.50. The number of nitrogens with zero attached hydrogens (tertiary/aromatic N) is 2. The fourth-order valence-electron chi connectivity index (χ4n) is 2.98. The van der Waals surface area contributed by atoms with Gasteiger partial charge in [0, 0.05) is 5.41 Å². The summed E-state index contributed by atoms with van der Waals surface area (Å²) in [6.45, 7) is 0. The predicted octanol–water partition coefficient (Wildman–Crippen LogP) is 2.29. The van der Waals surface area contributed by atoms with Crippen LogP contribution in [0, 0.1) is 5.92 Å². The maximum Gasteiger partial charge on any atom is 0.232 e. The molecule has 1 heterocycles. The van der Waals surface area contributed by atoms with Crippen LogP contribution in [0.4, 0.5) is 0 Å². The topological polar surface area (TPSA) is 38.9 Å². The molecular weight excluding hydrogens is 164 g/mol. The monoisotopic (exact) mass is 178 g/mol. The van der Waals surface area contributed by atoms with Gasteiger partial charge >= 0.3 is 0 Å². The molecule has 3 saturated carbocycles. The van der Waals surface area contributed by atoms with Gasteiger partial charge in [0.05, 0.1) is 0 Å². The molecule has 0 amide bonds. The molecule has 13 heavy (non-hydrogen) atoms. The average Bonchev–Trinajstić information content (AvgIpc) is 2.74. The highest BCUT2D eigenvalue weighted by molar-refractivity contribution is 5.09. The number of fused-ring (bicyclic) bond motifs is 3. The SMILES string of the molecule is c1noc(C23CCC(CC2)CC3)n1. The van der Waals surface area contributed by atoms with Gasteiger partial charge in [0.1, 0.15) is 0 Å². The van der Waals surface area contributed by atoms with Crippen LogP contribution in [0.3, 0.4) is 0 Å². The second kappa shape index (κ2) is 2.56. The largest absolute Gasteiger partial charge is 0.339 e. The molecule has 0 unspecified atom stereocenters. The molecule has 3 nitrogen and oxygen atoms in total. The Labute approximate surface area is 77.5 Å². The Morgan fingerprint density at radius 1 is 1.23 bits per heavy atom. The first-order valence-electron chi connectivity index (χ1n) is 5.16. The fourth-order valence-corrected chi connectivity index (χ4v) is 2.98. The van der Waals surface area contributed by atoms with E-state index in [4.69, 9.17) is 4.52 Å². The maximum atomic E-state index is 5.23. The average molecular weight is 178 g/mol. The molecular formula is C10H14N2O. The van der Waals surface area contributed by atoms with Gasteiger partial charge in [-0.15, -0.1) is 0 Å². The van der Waals surface area contributed by atoms with Crippen LogP contribution in [0.2, 0.25) is 0 Å². The summed E-state index contributed by atoms with van der Waals surface area (Å²) in [6, 6.07) is 0. The molecule has 0 aromatic carbocycles.